The first-order valence-corrected chi connectivity index (χ1v) is 6.65. The highest BCUT2D eigenvalue weighted by Crippen LogP contribution is 2.28. The van der Waals surface area contributed by atoms with E-state index < -0.39 is 0 Å². The van der Waals surface area contributed by atoms with Gasteiger partial charge in [0.1, 0.15) is 12.1 Å². The van der Waals surface area contributed by atoms with E-state index in [9.17, 15) is 0 Å². The lowest BCUT2D eigenvalue weighted by Crippen LogP contribution is -2.06. The van der Waals surface area contributed by atoms with Crippen LogP contribution in [-0.4, -0.2) is 15.0 Å². The Labute approximate surface area is 122 Å². The van der Waals surface area contributed by atoms with Crippen molar-refractivity contribution >= 4 is 11.5 Å². The minimum Gasteiger partial charge on any atom is -0.340 e. The number of aromatic nitrogens is 3. The van der Waals surface area contributed by atoms with Crippen LogP contribution in [0.2, 0.25) is 0 Å². The van der Waals surface area contributed by atoms with E-state index in [4.69, 9.17) is 5.73 Å². The molecule has 0 saturated heterocycles. The second kappa shape index (κ2) is 6.11. The topological polar surface area (TPSA) is 76.7 Å². The molecule has 0 aliphatic carbocycles. The maximum atomic E-state index is 5.93. The quantitative estimate of drug-likeness (QED) is 0.766. The molecule has 0 aliphatic heterocycles. The minimum atomic E-state index is 0.394. The number of nitrogens with two attached hydrogens (primary N) is 1. The molecule has 21 heavy (non-hydrogen) atoms. The summed E-state index contributed by atoms with van der Waals surface area (Å²) in [5.41, 5.74) is 9.73. The third-order valence-electron chi connectivity index (χ3n) is 3.15. The average molecular weight is 277 g/mol. The van der Waals surface area contributed by atoms with Crippen LogP contribution < -0.4 is 11.1 Å². The summed E-state index contributed by atoms with van der Waals surface area (Å²) < 4.78 is 0. The summed E-state index contributed by atoms with van der Waals surface area (Å²) in [6, 6.07) is 13.7. The largest absolute Gasteiger partial charge is 0.340 e. The van der Waals surface area contributed by atoms with Gasteiger partial charge in [0.2, 0.25) is 0 Å². The standard InChI is InChI=1S/C16H15N5/c17-10-13-14(21-15-7-8-18-11-20-15)6-9-19-16(13)12-4-2-1-3-5-12/h1-9,11H,10,17H2,(H,18,19,20,21). The number of hydrogen-bond donors (Lipinski definition) is 2. The van der Waals surface area contributed by atoms with E-state index in [-0.39, 0.29) is 0 Å². The van der Waals surface area contributed by atoms with Gasteiger partial charge in [-0.05, 0) is 12.1 Å². The molecular weight excluding hydrogens is 262 g/mol. The van der Waals surface area contributed by atoms with Crippen LogP contribution in [0, 0.1) is 0 Å². The number of nitrogens with zero attached hydrogens (tertiary/aromatic N) is 3. The average Bonchev–Trinajstić information content (AvgIpc) is 2.56. The number of pyridine rings is 1. The van der Waals surface area contributed by atoms with E-state index >= 15 is 0 Å². The summed E-state index contributed by atoms with van der Waals surface area (Å²) in [5, 5.41) is 3.26. The summed E-state index contributed by atoms with van der Waals surface area (Å²) in [5.74, 6) is 0.727. The molecule has 0 amide bonds. The number of nitrogens with one attached hydrogen (secondary N) is 1. The van der Waals surface area contributed by atoms with E-state index in [1.54, 1.807) is 12.4 Å². The third kappa shape index (κ3) is 2.88. The van der Waals surface area contributed by atoms with Crippen LogP contribution in [0.1, 0.15) is 5.56 Å². The van der Waals surface area contributed by atoms with Crippen molar-refractivity contribution in [2.75, 3.05) is 5.32 Å². The third-order valence-corrected chi connectivity index (χ3v) is 3.15. The first-order chi connectivity index (χ1) is 10.4. The lowest BCUT2D eigenvalue weighted by Gasteiger charge is -2.13. The number of rotatable bonds is 4. The Balaban J connectivity index is 2.02. The molecule has 5 heteroatoms. The molecule has 2 heterocycles. The molecule has 0 unspecified atom stereocenters. The normalized spacial score (nSPS) is 10.3. The van der Waals surface area contributed by atoms with Gasteiger partial charge in [-0.15, -0.1) is 0 Å². The molecule has 0 radical (unpaired) electrons. The first kappa shape index (κ1) is 13.2. The van der Waals surface area contributed by atoms with Crippen LogP contribution >= 0.6 is 0 Å². The number of benzene rings is 1. The molecule has 3 N–H and O–H groups in total. The Kier molecular flexibility index (Phi) is 3.84. The molecule has 0 atom stereocenters. The van der Waals surface area contributed by atoms with Crippen molar-refractivity contribution in [3.63, 3.8) is 0 Å². The highest BCUT2D eigenvalue weighted by atomic mass is 15.0. The van der Waals surface area contributed by atoms with Gasteiger partial charge in [0.25, 0.3) is 0 Å². The van der Waals surface area contributed by atoms with Crippen molar-refractivity contribution in [2.45, 2.75) is 6.54 Å². The molecule has 0 fully saturated rings. The summed E-state index contributed by atoms with van der Waals surface area (Å²) in [7, 11) is 0. The Morgan fingerprint density at radius 1 is 0.952 bits per heavy atom. The van der Waals surface area contributed by atoms with Crippen LogP contribution in [-0.2, 0) is 6.54 Å². The van der Waals surface area contributed by atoms with Crippen molar-refractivity contribution < 1.29 is 0 Å². The molecule has 2 aromatic heterocycles. The molecule has 104 valence electrons. The van der Waals surface area contributed by atoms with Gasteiger partial charge in [0.15, 0.2) is 0 Å². The summed E-state index contributed by atoms with van der Waals surface area (Å²) in [6.07, 6.45) is 4.96. The lowest BCUT2D eigenvalue weighted by atomic mass is 10.0. The first-order valence-electron chi connectivity index (χ1n) is 6.65. The molecule has 0 bridgehead atoms. The fraction of sp³-hybridized carbons (Fsp3) is 0.0625. The maximum absolute atomic E-state index is 5.93. The predicted molar refractivity (Wildman–Crippen MR) is 82.9 cm³/mol. The monoisotopic (exact) mass is 277 g/mol. The van der Waals surface area contributed by atoms with E-state index in [2.05, 4.69) is 20.3 Å². The molecular formula is C16H15N5. The van der Waals surface area contributed by atoms with E-state index in [1.165, 1.54) is 6.33 Å². The molecule has 0 spiro atoms. The smallest absolute Gasteiger partial charge is 0.133 e. The van der Waals surface area contributed by atoms with Crippen LogP contribution in [0.3, 0.4) is 0 Å². The van der Waals surface area contributed by atoms with Gasteiger partial charge < -0.3 is 11.1 Å². The van der Waals surface area contributed by atoms with E-state index in [0.717, 1.165) is 28.3 Å². The zero-order valence-electron chi connectivity index (χ0n) is 11.4. The van der Waals surface area contributed by atoms with Gasteiger partial charge in [0, 0.05) is 35.8 Å². The molecule has 0 aliphatic rings. The number of anilines is 2. The van der Waals surface area contributed by atoms with Crippen molar-refractivity contribution in [3.05, 3.63) is 66.7 Å². The second-order valence-electron chi connectivity index (χ2n) is 4.48. The van der Waals surface area contributed by atoms with E-state index in [0.29, 0.717) is 6.54 Å². The SMILES string of the molecule is NCc1c(Nc2ccncn2)ccnc1-c1ccccc1. The van der Waals surface area contributed by atoms with Gasteiger partial charge in [-0.2, -0.15) is 0 Å². The highest BCUT2D eigenvalue weighted by Gasteiger charge is 2.10. The fourth-order valence-corrected chi connectivity index (χ4v) is 2.16. The van der Waals surface area contributed by atoms with Crippen molar-refractivity contribution in [3.8, 4) is 11.3 Å². The second-order valence-corrected chi connectivity index (χ2v) is 4.48. The molecule has 1 aromatic carbocycles. The van der Waals surface area contributed by atoms with Crippen LogP contribution in [0.4, 0.5) is 11.5 Å². The maximum Gasteiger partial charge on any atom is 0.133 e. The molecule has 0 saturated carbocycles. The Bertz CT molecular complexity index is 713. The van der Waals surface area contributed by atoms with Crippen LogP contribution in [0.25, 0.3) is 11.3 Å². The molecule has 3 aromatic rings. The zero-order valence-corrected chi connectivity index (χ0v) is 11.4. The van der Waals surface area contributed by atoms with Gasteiger partial charge in [0.05, 0.1) is 5.69 Å². The lowest BCUT2D eigenvalue weighted by molar-refractivity contribution is 1.05. The van der Waals surface area contributed by atoms with Gasteiger partial charge in [-0.25, -0.2) is 9.97 Å². The molecule has 5 nitrogen and oxygen atoms in total. The molecule has 3 rings (SSSR count). The highest BCUT2D eigenvalue weighted by molar-refractivity contribution is 5.72. The van der Waals surface area contributed by atoms with E-state index in [1.807, 2.05) is 42.5 Å². The van der Waals surface area contributed by atoms with Crippen molar-refractivity contribution in [1.82, 2.24) is 15.0 Å². The van der Waals surface area contributed by atoms with Crippen LogP contribution in [0.15, 0.2) is 61.2 Å². The van der Waals surface area contributed by atoms with Gasteiger partial charge >= 0.3 is 0 Å². The Morgan fingerprint density at radius 3 is 2.52 bits per heavy atom. The Hall–Kier alpha value is -2.79. The summed E-state index contributed by atoms with van der Waals surface area (Å²) in [4.78, 5) is 12.5. The van der Waals surface area contributed by atoms with Crippen LogP contribution in [0.5, 0.6) is 0 Å². The van der Waals surface area contributed by atoms with Crippen molar-refractivity contribution in [1.29, 1.82) is 0 Å². The Morgan fingerprint density at radius 2 is 1.81 bits per heavy atom. The van der Waals surface area contributed by atoms with Crippen molar-refractivity contribution in [2.24, 2.45) is 5.73 Å². The fourth-order valence-electron chi connectivity index (χ4n) is 2.16. The minimum absolute atomic E-state index is 0.394. The predicted octanol–water partition coefficient (Wildman–Crippen LogP) is 2.74. The zero-order chi connectivity index (χ0) is 14.5. The summed E-state index contributed by atoms with van der Waals surface area (Å²) >= 11 is 0. The van der Waals surface area contributed by atoms with Gasteiger partial charge in [-0.3, -0.25) is 4.98 Å². The summed E-state index contributed by atoms with van der Waals surface area (Å²) in [6.45, 7) is 0.394. The van der Waals surface area contributed by atoms with Gasteiger partial charge in [-0.1, -0.05) is 30.3 Å². The number of hydrogen-bond acceptors (Lipinski definition) is 5.